The van der Waals surface area contributed by atoms with Crippen molar-refractivity contribution >= 4 is 23.5 Å². The van der Waals surface area contributed by atoms with Gasteiger partial charge in [-0.1, -0.05) is 0 Å². The second kappa shape index (κ2) is 7.40. The number of benzene rings is 1. The van der Waals surface area contributed by atoms with Crippen LogP contribution in [0.1, 0.15) is 38.9 Å². The van der Waals surface area contributed by atoms with E-state index in [2.05, 4.69) is 15.6 Å². The zero-order valence-electron chi connectivity index (χ0n) is 13.3. The lowest BCUT2D eigenvalue weighted by atomic mass is 10.2. The van der Waals surface area contributed by atoms with Crippen LogP contribution in [0.15, 0.2) is 28.7 Å². The zero-order valence-corrected chi connectivity index (χ0v) is 13.3. The smallest absolute Gasteiger partial charge is 0.305 e. The third kappa shape index (κ3) is 4.42. The number of carbonyl (C=O) groups excluding carboxylic acids is 2. The van der Waals surface area contributed by atoms with E-state index in [4.69, 9.17) is 9.52 Å². The van der Waals surface area contributed by atoms with Crippen molar-refractivity contribution in [3.05, 3.63) is 47.2 Å². The molecule has 0 aliphatic carbocycles. The molecule has 0 aliphatic rings. The van der Waals surface area contributed by atoms with Gasteiger partial charge in [0.2, 0.25) is 5.76 Å². The van der Waals surface area contributed by atoms with Gasteiger partial charge in [0.15, 0.2) is 5.89 Å². The summed E-state index contributed by atoms with van der Waals surface area (Å²) in [6, 6.07) is 6.21. The molecular weight excluding hydrogens is 314 g/mol. The van der Waals surface area contributed by atoms with Gasteiger partial charge in [-0.2, -0.15) is 0 Å². The van der Waals surface area contributed by atoms with E-state index in [1.165, 1.54) is 12.1 Å². The van der Waals surface area contributed by atoms with Crippen molar-refractivity contribution in [2.24, 2.45) is 0 Å². The van der Waals surface area contributed by atoms with E-state index in [9.17, 15) is 14.4 Å². The molecule has 0 saturated carbocycles. The number of aliphatic carboxylic acids is 1. The van der Waals surface area contributed by atoms with Crippen LogP contribution in [-0.4, -0.2) is 34.4 Å². The first-order chi connectivity index (χ1) is 11.4. The predicted octanol–water partition coefficient (Wildman–Crippen LogP) is 1.75. The van der Waals surface area contributed by atoms with Gasteiger partial charge in [0.1, 0.15) is 0 Å². The fourth-order valence-electron chi connectivity index (χ4n) is 2.02. The molecule has 0 atom stereocenters. The van der Waals surface area contributed by atoms with Gasteiger partial charge < -0.3 is 20.2 Å². The molecule has 24 heavy (non-hydrogen) atoms. The number of anilines is 1. The first kappa shape index (κ1) is 17.2. The van der Waals surface area contributed by atoms with Crippen LogP contribution in [-0.2, 0) is 4.79 Å². The number of hydrogen-bond donors (Lipinski definition) is 3. The highest BCUT2D eigenvalue weighted by molar-refractivity contribution is 6.03. The summed E-state index contributed by atoms with van der Waals surface area (Å²) in [4.78, 5) is 38.3. The molecule has 1 heterocycles. The molecule has 2 rings (SSSR count). The van der Waals surface area contributed by atoms with Gasteiger partial charge in [0.25, 0.3) is 11.8 Å². The maximum absolute atomic E-state index is 12.1. The number of amides is 2. The van der Waals surface area contributed by atoms with E-state index in [-0.39, 0.29) is 24.6 Å². The van der Waals surface area contributed by atoms with Gasteiger partial charge in [-0.3, -0.25) is 14.4 Å². The molecule has 8 heteroatoms. The topological polar surface area (TPSA) is 122 Å². The van der Waals surface area contributed by atoms with E-state index < -0.39 is 11.9 Å². The van der Waals surface area contributed by atoms with E-state index in [1.54, 1.807) is 26.0 Å². The van der Waals surface area contributed by atoms with Crippen molar-refractivity contribution in [1.29, 1.82) is 0 Å². The van der Waals surface area contributed by atoms with E-state index in [0.29, 0.717) is 22.8 Å². The molecule has 2 aromatic rings. The summed E-state index contributed by atoms with van der Waals surface area (Å²) in [5, 5.41) is 13.7. The Morgan fingerprint density at radius 2 is 1.79 bits per heavy atom. The highest BCUT2D eigenvalue weighted by atomic mass is 16.4. The first-order valence-corrected chi connectivity index (χ1v) is 7.22. The molecule has 0 unspecified atom stereocenters. The summed E-state index contributed by atoms with van der Waals surface area (Å²) in [7, 11) is 0. The summed E-state index contributed by atoms with van der Waals surface area (Å²) in [5.41, 5.74) is 1.36. The normalized spacial score (nSPS) is 10.2. The summed E-state index contributed by atoms with van der Waals surface area (Å²) in [5.74, 6) is -1.23. The lowest BCUT2D eigenvalue weighted by Gasteiger charge is -2.06. The number of carboxylic acids is 1. The summed E-state index contributed by atoms with van der Waals surface area (Å²) in [6.45, 7) is 3.38. The van der Waals surface area contributed by atoms with Crippen LogP contribution in [0, 0.1) is 13.8 Å². The molecule has 0 radical (unpaired) electrons. The molecular formula is C16H17N3O5. The van der Waals surface area contributed by atoms with Crippen LogP contribution >= 0.6 is 0 Å². The van der Waals surface area contributed by atoms with Gasteiger partial charge in [0, 0.05) is 24.7 Å². The van der Waals surface area contributed by atoms with Gasteiger partial charge in [0.05, 0.1) is 12.1 Å². The van der Waals surface area contributed by atoms with Crippen LogP contribution in [0.25, 0.3) is 0 Å². The van der Waals surface area contributed by atoms with Gasteiger partial charge in [-0.15, -0.1) is 0 Å². The molecule has 126 valence electrons. The number of aryl methyl sites for hydroxylation is 2. The van der Waals surface area contributed by atoms with Crippen molar-refractivity contribution < 1.29 is 23.9 Å². The monoisotopic (exact) mass is 331 g/mol. The number of carboxylic acid groups (broad SMARTS) is 1. The molecule has 0 spiro atoms. The van der Waals surface area contributed by atoms with Crippen molar-refractivity contribution in [3.63, 3.8) is 0 Å². The van der Waals surface area contributed by atoms with Crippen molar-refractivity contribution in [1.82, 2.24) is 10.3 Å². The average molecular weight is 331 g/mol. The van der Waals surface area contributed by atoms with E-state index in [1.807, 2.05) is 0 Å². The van der Waals surface area contributed by atoms with Crippen LogP contribution in [0.4, 0.5) is 5.69 Å². The second-order valence-electron chi connectivity index (χ2n) is 5.08. The quantitative estimate of drug-likeness (QED) is 0.741. The van der Waals surface area contributed by atoms with Gasteiger partial charge in [-0.05, 0) is 31.2 Å². The van der Waals surface area contributed by atoms with Crippen LogP contribution < -0.4 is 10.6 Å². The minimum Gasteiger partial charge on any atom is -0.481 e. The molecule has 3 N–H and O–H groups in total. The lowest BCUT2D eigenvalue weighted by molar-refractivity contribution is -0.136. The third-order valence-corrected chi connectivity index (χ3v) is 3.14. The standard InChI is InChI=1S/C16H17N3O5/c1-9-14(24-10(2)18-9)16(23)19-12-5-3-11(4-6-12)15(22)17-8-7-13(20)21/h3-6H,7-8H2,1-2H3,(H,17,22)(H,19,23)(H,20,21). The lowest BCUT2D eigenvalue weighted by Crippen LogP contribution is -2.25. The van der Waals surface area contributed by atoms with Crippen LogP contribution in [0.5, 0.6) is 0 Å². The number of carbonyl (C=O) groups is 3. The molecule has 0 aliphatic heterocycles. The summed E-state index contributed by atoms with van der Waals surface area (Å²) < 4.78 is 5.24. The maximum atomic E-state index is 12.1. The third-order valence-electron chi connectivity index (χ3n) is 3.14. The average Bonchev–Trinajstić information content (AvgIpc) is 2.86. The number of nitrogens with one attached hydrogen (secondary N) is 2. The Hall–Kier alpha value is -3.16. The van der Waals surface area contributed by atoms with Gasteiger partial charge >= 0.3 is 5.97 Å². The number of nitrogens with zero attached hydrogens (tertiary/aromatic N) is 1. The SMILES string of the molecule is Cc1nc(C)c(C(=O)Nc2ccc(C(=O)NCCC(=O)O)cc2)o1. The molecule has 1 aromatic carbocycles. The molecule has 0 bridgehead atoms. The molecule has 0 saturated heterocycles. The Morgan fingerprint density at radius 3 is 2.33 bits per heavy atom. The highest BCUT2D eigenvalue weighted by Gasteiger charge is 2.16. The van der Waals surface area contributed by atoms with E-state index >= 15 is 0 Å². The molecule has 8 nitrogen and oxygen atoms in total. The number of hydrogen-bond acceptors (Lipinski definition) is 5. The molecule has 0 fully saturated rings. The fourth-order valence-corrected chi connectivity index (χ4v) is 2.02. The first-order valence-electron chi connectivity index (χ1n) is 7.22. The number of rotatable bonds is 6. The Morgan fingerprint density at radius 1 is 1.12 bits per heavy atom. The second-order valence-corrected chi connectivity index (χ2v) is 5.08. The van der Waals surface area contributed by atoms with Crippen molar-refractivity contribution in [2.75, 3.05) is 11.9 Å². The number of oxazole rings is 1. The van der Waals surface area contributed by atoms with Gasteiger partial charge in [-0.25, -0.2) is 4.98 Å². The highest BCUT2D eigenvalue weighted by Crippen LogP contribution is 2.14. The minimum atomic E-state index is -0.980. The molecule has 2 amide bonds. The summed E-state index contributed by atoms with van der Waals surface area (Å²) >= 11 is 0. The fraction of sp³-hybridized carbons (Fsp3) is 0.250. The van der Waals surface area contributed by atoms with Crippen molar-refractivity contribution in [3.8, 4) is 0 Å². The Balaban J connectivity index is 1.96. The van der Waals surface area contributed by atoms with Crippen LogP contribution in [0.2, 0.25) is 0 Å². The molecule has 1 aromatic heterocycles. The number of aromatic nitrogens is 1. The zero-order chi connectivity index (χ0) is 17.7. The Labute approximate surface area is 137 Å². The van der Waals surface area contributed by atoms with Crippen LogP contribution in [0.3, 0.4) is 0 Å². The summed E-state index contributed by atoms with van der Waals surface area (Å²) in [6.07, 6.45) is -0.143. The maximum Gasteiger partial charge on any atom is 0.305 e. The Kier molecular flexibility index (Phi) is 5.31. The van der Waals surface area contributed by atoms with E-state index in [0.717, 1.165) is 0 Å². The Bertz CT molecular complexity index is 765. The largest absolute Gasteiger partial charge is 0.481 e. The predicted molar refractivity (Wildman–Crippen MR) is 85.0 cm³/mol. The minimum absolute atomic E-state index is 0.0524. The van der Waals surface area contributed by atoms with Crippen molar-refractivity contribution in [2.45, 2.75) is 20.3 Å².